The molecule has 0 aromatic carbocycles. The number of hydrogen-bond donors (Lipinski definition) is 0. The highest BCUT2D eigenvalue weighted by molar-refractivity contribution is 6.35. The molecule has 2 nitrogen and oxygen atoms in total. The lowest BCUT2D eigenvalue weighted by atomic mass is 10.3. The molecule has 0 heterocycles. The second-order valence-corrected chi connectivity index (χ2v) is 2.88. The lowest BCUT2D eigenvalue weighted by Gasteiger charge is -1.73. The summed E-state index contributed by atoms with van der Waals surface area (Å²) in [5, 5.41) is 0. The van der Waals surface area contributed by atoms with E-state index in [-0.39, 0.29) is 11.6 Å². The molecule has 0 bridgehead atoms. The number of ketones is 2. The molecule has 0 saturated heterocycles. The largest absolute Gasteiger partial charge is 0.291 e. The molecule has 2 heteroatoms. The van der Waals surface area contributed by atoms with Crippen molar-refractivity contribution in [1.82, 2.24) is 0 Å². The maximum absolute atomic E-state index is 9.79. The topological polar surface area (TPSA) is 34.1 Å². The lowest BCUT2D eigenvalue weighted by Crippen LogP contribution is -2.01. The second kappa shape index (κ2) is 6.08. The minimum absolute atomic E-state index is 0.380. The Hall–Kier alpha value is -0.660. The average molecular weight is 156 g/mol. The molecule has 0 N–H and O–H groups in total. The summed E-state index contributed by atoms with van der Waals surface area (Å²) in [6, 6.07) is 0. The van der Waals surface area contributed by atoms with Crippen molar-refractivity contribution in [3.8, 4) is 0 Å². The van der Waals surface area contributed by atoms with Crippen molar-refractivity contribution in [1.29, 1.82) is 0 Å². The molecule has 0 aliphatic heterocycles. The molecule has 0 atom stereocenters. The van der Waals surface area contributed by atoms with Crippen molar-refractivity contribution in [2.24, 2.45) is 0 Å². The van der Waals surface area contributed by atoms with Gasteiger partial charge < -0.3 is 0 Å². The smallest absolute Gasteiger partial charge is 0.195 e. The number of carbonyl (C=O) groups is 2. The monoisotopic (exact) mass is 156 g/mol. The Morgan fingerprint density at radius 3 is 1.00 bits per heavy atom. The van der Waals surface area contributed by atoms with Crippen molar-refractivity contribution < 1.29 is 9.59 Å². The van der Waals surface area contributed by atoms with Crippen LogP contribution < -0.4 is 0 Å². The molecular formula is C9H16O2. The van der Waals surface area contributed by atoms with Crippen molar-refractivity contribution in [3.63, 3.8) is 0 Å². The predicted octanol–water partition coefficient (Wildman–Crippen LogP) is 2.11. The molecule has 1 aliphatic carbocycles. The first-order valence-corrected chi connectivity index (χ1v) is 4.16. The van der Waals surface area contributed by atoms with Crippen LogP contribution in [0.25, 0.3) is 0 Å². The quantitative estimate of drug-likeness (QED) is 0.545. The Balaban J connectivity index is 0.000000183. The van der Waals surface area contributed by atoms with Gasteiger partial charge in [-0.3, -0.25) is 9.59 Å². The summed E-state index contributed by atoms with van der Waals surface area (Å²) in [6.45, 7) is 2.50. The van der Waals surface area contributed by atoms with Crippen LogP contribution in [0.2, 0.25) is 0 Å². The Kier molecular flexibility index (Phi) is 5.71. The minimum Gasteiger partial charge on any atom is -0.291 e. The summed E-state index contributed by atoms with van der Waals surface area (Å²) in [7, 11) is 0. The summed E-state index contributed by atoms with van der Waals surface area (Å²) in [5.41, 5.74) is 0. The van der Waals surface area contributed by atoms with E-state index in [0.29, 0.717) is 0 Å². The fourth-order valence-electron chi connectivity index (χ4n) is 0.884. The maximum Gasteiger partial charge on any atom is 0.195 e. The van der Waals surface area contributed by atoms with Crippen LogP contribution in [0.3, 0.4) is 0 Å². The highest BCUT2D eigenvalue weighted by Gasteiger charge is 1.95. The summed E-state index contributed by atoms with van der Waals surface area (Å²) >= 11 is 0. The van der Waals surface area contributed by atoms with Gasteiger partial charge in [0, 0.05) is 13.8 Å². The zero-order chi connectivity index (χ0) is 8.69. The van der Waals surface area contributed by atoms with Crippen LogP contribution in [0.5, 0.6) is 0 Å². The molecule has 0 aromatic heterocycles. The lowest BCUT2D eigenvalue weighted by molar-refractivity contribution is -0.134. The third-order valence-electron chi connectivity index (χ3n) is 1.75. The van der Waals surface area contributed by atoms with Gasteiger partial charge in [-0.25, -0.2) is 0 Å². The molecule has 64 valence electrons. The van der Waals surface area contributed by atoms with Gasteiger partial charge in [0.25, 0.3) is 0 Å². The minimum atomic E-state index is -0.380. The van der Waals surface area contributed by atoms with Gasteiger partial charge in [-0.05, 0) is 0 Å². The molecule has 0 amide bonds. The zero-order valence-electron chi connectivity index (χ0n) is 7.35. The Bertz CT molecular complexity index is 115. The van der Waals surface area contributed by atoms with Crippen LogP contribution in [-0.2, 0) is 9.59 Å². The predicted molar refractivity (Wildman–Crippen MR) is 44.4 cm³/mol. The van der Waals surface area contributed by atoms with E-state index in [1.165, 1.54) is 46.0 Å². The average Bonchev–Trinajstić information content (AvgIpc) is 2.41. The van der Waals surface area contributed by atoms with Crippen molar-refractivity contribution in [3.05, 3.63) is 0 Å². The standard InChI is InChI=1S/C5H10.C4H6O2/c1-2-4-5-3-1;1-3(5)4(2)6/h1-5H2;1-2H3. The molecule has 0 radical (unpaired) electrons. The van der Waals surface area contributed by atoms with Gasteiger partial charge in [0.15, 0.2) is 11.6 Å². The Morgan fingerprint density at radius 2 is 0.909 bits per heavy atom. The summed E-state index contributed by atoms with van der Waals surface area (Å²) in [5.74, 6) is -0.759. The third kappa shape index (κ3) is 7.23. The van der Waals surface area contributed by atoms with Crippen molar-refractivity contribution in [2.75, 3.05) is 0 Å². The van der Waals surface area contributed by atoms with E-state index in [0.717, 1.165) is 0 Å². The molecule has 1 saturated carbocycles. The number of hydrogen-bond acceptors (Lipinski definition) is 2. The van der Waals surface area contributed by atoms with Gasteiger partial charge in [-0.2, -0.15) is 0 Å². The van der Waals surface area contributed by atoms with E-state index in [1.54, 1.807) is 0 Å². The van der Waals surface area contributed by atoms with Gasteiger partial charge >= 0.3 is 0 Å². The third-order valence-corrected chi connectivity index (χ3v) is 1.75. The first-order valence-electron chi connectivity index (χ1n) is 4.16. The molecule has 0 unspecified atom stereocenters. The molecule has 1 rings (SSSR count). The SMILES string of the molecule is C1CCCC1.CC(=O)C(C)=O. The van der Waals surface area contributed by atoms with Gasteiger partial charge in [-0.15, -0.1) is 0 Å². The Labute approximate surface area is 68.0 Å². The number of carbonyl (C=O) groups excluding carboxylic acids is 2. The first kappa shape index (κ1) is 10.3. The zero-order valence-corrected chi connectivity index (χ0v) is 7.35. The van der Waals surface area contributed by atoms with E-state index in [4.69, 9.17) is 0 Å². The fraction of sp³-hybridized carbons (Fsp3) is 0.778. The second-order valence-electron chi connectivity index (χ2n) is 2.88. The van der Waals surface area contributed by atoms with E-state index < -0.39 is 0 Å². The highest BCUT2D eigenvalue weighted by atomic mass is 16.2. The molecule has 1 fully saturated rings. The van der Waals surface area contributed by atoms with E-state index in [1.807, 2.05) is 0 Å². The highest BCUT2D eigenvalue weighted by Crippen LogP contribution is 2.15. The van der Waals surface area contributed by atoms with Gasteiger partial charge in [-0.1, -0.05) is 32.1 Å². The first-order chi connectivity index (χ1) is 5.14. The fourth-order valence-corrected chi connectivity index (χ4v) is 0.884. The maximum atomic E-state index is 9.79. The van der Waals surface area contributed by atoms with E-state index in [9.17, 15) is 9.59 Å². The number of rotatable bonds is 1. The van der Waals surface area contributed by atoms with E-state index in [2.05, 4.69) is 0 Å². The molecule has 1 aliphatic rings. The molecule has 0 spiro atoms. The number of Topliss-reactive ketones (excluding diaryl/α,β-unsaturated/α-hetero) is 2. The van der Waals surface area contributed by atoms with Crippen LogP contribution in [0, 0.1) is 0 Å². The molecular weight excluding hydrogens is 140 g/mol. The molecule has 11 heavy (non-hydrogen) atoms. The van der Waals surface area contributed by atoms with Crippen LogP contribution >= 0.6 is 0 Å². The van der Waals surface area contributed by atoms with Crippen molar-refractivity contribution >= 4 is 11.6 Å². The normalized spacial score (nSPS) is 15.1. The summed E-state index contributed by atoms with van der Waals surface area (Å²) in [6.07, 6.45) is 7.50. The Morgan fingerprint density at radius 1 is 0.727 bits per heavy atom. The summed E-state index contributed by atoms with van der Waals surface area (Å²) < 4.78 is 0. The van der Waals surface area contributed by atoms with Crippen molar-refractivity contribution in [2.45, 2.75) is 46.0 Å². The van der Waals surface area contributed by atoms with Gasteiger partial charge in [0.1, 0.15) is 0 Å². The van der Waals surface area contributed by atoms with Crippen LogP contribution in [0.4, 0.5) is 0 Å². The molecule has 0 aromatic rings. The van der Waals surface area contributed by atoms with Crippen LogP contribution in [0.1, 0.15) is 46.0 Å². The van der Waals surface area contributed by atoms with Crippen LogP contribution in [-0.4, -0.2) is 11.6 Å². The van der Waals surface area contributed by atoms with E-state index >= 15 is 0 Å². The van der Waals surface area contributed by atoms with Gasteiger partial charge in [0.05, 0.1) is 0 Å². The summed E-state index contributed by atoms with van der Waals surface area (Å²) in [4.78, 5) is 19.6. The van der Waals surface area contributed by atoms with Crippen LogP contribution in [0.15, 0.2) is 0 Å². The van der Waals surface area contributed by atoms with Gasteiger partial charge in [0.2, 0.25) is 0 Å².